The maximum absolute atomic E-state index is 9.62. The zero-order valence-electron chi connectivity index (χ0n) is 9.00. The number of hydrogen-bond donors (Lipinski definition) is 2. The van der Waals surface area contributed by atoms with Crippen molar-refractivity contribution in [3.05, 3.63) is 23.8 Å². The average molecular weight is 205 g/mol. The number of benzene rings is 1. The molecule has 0 atom stereocenters. The first-order valence-electron chi connectivity index (χ1n) is 4.74. The van der Waals surface area contributed by atoms with Gasteiger partial charge < -0.3 is 15.2 Å². The molecule has 3 nitrogen and oxygen atoms in total. The van der Waals surface area contributed by atoms with Crippen molar-refractivity contribution in [2.24, 2.45) is 0 Å². The maximum atomic E-state index is 9.62. The van der Waals surface area contributed by atoms with Gasteiger partial charge in [0.15, 0.2) is 0 Å². The molecule has 0 aromatic heterocycles. The number of methoxy groups -OCH3 is 1. The summed E-state index contributed by atoms with van der Waals surface area (Å²) < 4.78 is 4.99. The SMILES string of the molecule is CC#CCNCc1ccc(OC)cc1O. The van der Waals surface area contributed by atoms with E-state index in [9.17, 15) is 5.11 Å². The van der Waals surface area contributed by atoms with Crippen LogP contribution in [0.1, 0.15) is 12.5 Å². The highest BCUT2D eigenvalue weighted by Crippen LogP contribution is 2.22. The number of nitrogens with one attached hydrogen (secondary N) is 1. The molecule has 0 radical (unpaired) electrons. The number of aromatic hydroxyl groups is 1. The first-order valence-corrected chi connectivity index (χ1v) is 4.74. The summed E-state index contributed by atoms with van der Waals surface area (Å²) in [5, 5.41) is 12.7. The van der Waals surface area contributed by atoms with Crippen LogP contribution in [-0.4, -0.2) is 18.8 Å². The smallest absolute Gasteiger partial charge is 0.123 e. The van der Waals surface area contributed by atoms with E-state index in [4.69, 9.17) is 4.74 Å². The molecular weight excluding hydrogens is 190 g/mol. The summed E-state index contributed by atoms with van der Waals surface area (Å²) in [6.07, 6.45) is 0. The van der Waals surface area contributed by atoms with Crippen molar-refractivity contribution >= 4 is 0 Å². The number of rotatable bonds is 4. The van der Waals surface area contributed by atoms with E-state index in [-0.39, 0.29) is 5.75 Å². The van der Waals surface area contributed by atoms with E-state index in [1.807, 2.05) is 12.1 Å². The Labute approximate surface area is 90.1 Å². The Balaban J connectivity index is 2.56. The first kappa shape index (κ1) is 11.4. The highest BCUT2D eigenvalue weighted by molar-refractivity contribution is 5.39. The largest absolute Gasteiger partial charge is 0.507 e. The second-order valence-electron chi connectivity index (χ2n) is 3.02. The second-order valence-corrected chi connectivity index (χ2v) is 3.02. The van der Waals surface area contributed by atoms with Crippen molar-refractivity contribution in [1.29, 1.82) is 0 Å². The lowest BCUT2D eigenvalue weighted by atomic mass is 10.2. The van der Waals surface area contributed by atoms with Crippen molar-refractivity contribution in [2.75, 3.05) is 13.7 Å². The normalized spacial score (nSPS) is 9.20. The molecule has 0 spiro atoms. The third-order valence-electron chi connectivity index (χ3n) is 2.00. The Morgan fingerprint density at radius 1 is 1.47 bits per heavy atom. The van der Waals surface area contributed by atoms with Crippen molar-refractivity contribution in [3.8, 4) is 23.3 Å². The van der Waals surface area contributed by atoms with Crippen LogP contribution < -0.4 is 10.1 Å². The van der Waals surface area contributed by atoms with Crippen LogP contribution in [0.3, 0.4) is 0 Å². The summed E-state index contributed by atoms with van der Waals surface area (Å²) in [6, 6.07) is 5.26. The number of ether oxygens (including phenoxy) is 1. The quantitative estimate of drug-likeness (QED) is 0.578. The van der Waals surface area contributed by atoms with E-state index < -0.39 is 0 Å². The summed E-state index contributed by atoms with van der Waals surface area (Å²) in [5.74, 6) is 6.58. The zero-order chi connectivity index (χ0) is 11.1. The lowest BCUT2D eigenvalue weighted by Gasteiger charge is -2.06. The molecule has 0 unspecified atom stereocenters. The Morgan fingerprint density at radius 3 is 2.87 bits per heavy atom. The molecule has 1 rings (SSSR count). The topological polar surface area (TPSA) is 41.5 Å². The number of phenols is 1. The predicted octanol–water partition coefficient (Wildman–Crippen LogP) is 1.51. The van der Waals surface area contributed by atoms with Crippen LogP contribution in [0, 0.1) is 11.8 Å². The van der Waals surface area contributed by atoms with Gasteiger partial charge in [-0.25, -0.2) is 0 Å². The van der Waals surface area contributed by atoms with Gasteiger partial charge in [-0.05, 0) is 13.0 Å². The molecule has 1 aromatic rings. The molecule has 0 bridgehead atoms. The van der Waals surface area contributed by atoms with Gasteiger partial charge in [0.2, 0.25) is 0 Å². The zero-order valence-corrected chi connectivity index (χ0v) is 9.00. The van der Waals surface area contributed by atoms with Gasteiger partial charge in [-0.15, -0.1) is 5.92 Å². The fourth-order valence-electron chi connectivity index (χ4n) is 1.17. The van der Waals surface area contributed by atoms with Crippen molar-refractivity contribution in [3.63, 3.8) is 0 Å². The summed E-state index contributed by atoms with van der Waals surface area (Å²) in [4.78, 5) is 0. The Bertz CT molecular complexity index is 377. The van der Waals surface area contributed by atoms with E-state index in [2.05, 4.69) is 17.2 Å². The molecule has 0 saturated heterocycles. The van der Waals surface area contributed by atoms with Gasteiger partial charge in [-0.1, -0.05) is 12.0 Å². The van der Waals surface area contributed by atoms with Crippen molar-refractivity contribution in [2.45, 2.75) is 13.5 Å². The first-order chi connectivity index (χ1) is 7.27. The predicted molar refractivity (Wildman–Crippen MR) is 59.8 cm³/mol. The minimum absolute atomic E-state index is 0.242. The van der Waals surface area contributed by atoms with Gasteiger partial charge >= 0.3 is 0 Å². The molecule has 0 aliphatic carbocycles. The molecular formula is C12H15NO2. The monoisotopic (exact) mass is 205 g/mol. The van der Waals surface area contributed by atoms with E-state index in [0.29, 0.717) is 18.8 Å². The van der Waals surface area contributed by atoms with Crippen LogP contribution >= 0.6 is 0 Å². The van der Waals surface area contributed by atoms with Crippen LogP contribution in [0.25, 0.3) is 0 Å². The van der Waals surface area contributed by atoms with Gasteiger partial charge in [0.05, 0.1) is 13.7 Å². The van der Waals surface area contributed by atoms with Crippen LogP contribution in [0.15, 0.2) is 18.2 Å². The van der Waals surface area contributed by atoms with E-state index in [1.165, 1.54) is 0 Å². The Hall–Kier alpha value is -1.66. The molecule has 0 heterocycles. The molecule has 3 heteroatoms. The van der Waals surface area contributed by atoms with E-state index in [0.717, 1.165) is 5.56 Å². The highest BCUT2D eigenvalue weighted by Gasteiger charge is 2.01. The molecule has 1 aromatic carbocycles. The molecule has 0 aliphatic heterocycles. The van der Waals surface area contributed by atoms with Crippen LogP contribution in [0.5, 0.6) is 11.5 Å². The Kier molecular flexibility index (Phi) is 4.52. The van der Waals surface area contributed by atoms with E-state index in [1.54, 1.807) is 20.1 Å². The third kappa shape index (κ3) is 3.53. The van der Waals surface area contributed by atoms with Gasteiger partial charge in [-0.2, -0.15) is 0 Å². The minimum Gasteiger partial charge on any atom is -0.507 e. The van der Waals surface area contributed by atoms with Gasteiger partial charge in [0.25, 0.3) is 0 Å². The minimum atomic E-state index is 0.242. The average Bonchev–Trinajstić information content (AvgIpc) is 2.26. The summed E-state index contributed by atoms with van der Waals surface area (Å²) in [6.45, 7) is 3.03. The lowest BCUT2D eigenvalue weighted by Crippen LogP contribution is -2.13. The summed E-state index contributed by atoms with van der Waals surface area (Å²) >= 11 is 0. The van der Waals surface area contributed by atoms with Crippen molar-refractivity contribution < 1.29 is 9.84 Å². The molecule has 0 fully saturated rings. The van der Waals surface area contributed by atoms with E-state index >= 15 is 0 Å². The maximum Gasteiger partial charge on any atom is 0.123 e. The van der Waals surface area contributed by atoms with Gasteiger partial charge in [-0.3, -0.25) is 0 Å². The lowest BCUT2D eigenvalue weighted by molar-refractivity contribution is 0.406. The van der Waals surface area contributed by atoms with Crippen molar-refractivity contribution in [1.82, 2.24) is 5.32 Å². The highest BCUT2D eigenvalue weighted by atomic mass is 16.5. The molecule has 15 heavy (non-hydrogen) atoms. The molecule has 0 amide bonds. The third-order valence-corrected chi connectivity index (χ3v) is 2.00. The fraction of sp³-hybridized carbons (Fsp3) is 0.333. The Morgan fingerprint density at radius 2 is 2.27 bits per heavy atom. The number of hydrogen-bond acceptors (Lipinski definition) is 3. The van der Waals surface area contributed by atoms with Crippen LogP contribution in [-0.2, 0) is 6.54 Å². The summed E-state index contributed by atoms with van der Waals surface area (Å²) in [7, 11) is 1.57. The summed E-state index contributed by atoms with van der Waals surface area (Å²) in [5.41, 5.74) is 0.841. The fourth-order valence-corrected chi connectivity index (χ4v) is 1.17. The second kappa shape index (κ2) is 5.94. The number of phenolic OH excluding ortho intramolecular Hbond substituents is 1. The molecule has 80 valence electrons. The standard InChI is InChI=1S/C12H15NO2/c1-3-4-7-13-9-10-5-6-11(15-2)8-12(10)14/h5-6,8,13-14H,7,9H2,1-2H3. The van der Waals surface area contributed by atoms with Crippen LogP contribution in [0.2, 0.25) is 0 Å². The molecule has 0 saturated carbocycles. The van der Waals surface area contributed by atoms with Gasteiger partial charge in [0, 0.05) is 18.2 Å². The molecule has 0 aliphatic rings. The van der Waals surface area contributed by atoms with Gasteiger partial charge in [0.1, 0.15) is 11.5 Å². The molecule has 2 N–H and O–H groups in total. The van der Waals surface area contributed by atoms with Crippen LogP contribution in [0.4, 0.5) is 0 Å².